The minimum atomic E-state index is -3.91. The van der Waals surface area contributed by atoms with Gasteiger partial charge < -0.3 is 19.9 Å². The molecular weight excluding hydrogens is 585 g/mol. The topological polar surface area (TPSA) is 131 Å². The van der Waals surface area contributed by atoms with Crippen molar-refractivity contribution < 1.29 is 32.6 Å². The van der Waals surface area contributed by atoms with E-state index in [0.717, 1.165) is 31.2 Å². The number of benzene rings is 2. The van der Waals surface area contributed by atoms with E-state index in [1.807, 2.05) is 37.8 Å². The summed E-state index contributed by atoms with van der Waals surface area (Å²) >= 11 is 0. The van der Waals surface area contributed by atoms with Crippen molar-refractivity contribution in [3.63, 3.8) is 0 Å². The van der Waals surface area contributed by atoms with Crippen molar-refractivity contribution in [2.24, 2.45) is 0 Å². The first-order valence-electron chi connectivity index (χ1n) is 14.7. The molecule has 0 heterocycles. The maximum absolute atomic E-state index is 13.2. The number of ether oxygens (including phenoxy) is 2. The molecule has 0 aliphatic heterocycles. The lowest BCUT2D eigenvalue weighted by molar-refractivity contribution is -0.114. The zero-order chi connectivity index (χ0) is 31.5. The van der Waals surface area contributed by atoms with Gasteiger partial charge in [0, 0.05) is 6.42 Å². The molecule has 234 valence electrons. The monoisotopic (exact) mass is 628 g/mol. The van der Waals surface area contributed by atoms with Crippen molar-refractivity contribution in [2.75, 3.05) is 19.5 Å². The third-order valence-electron chi connectivity index (χ3n) is 7.38. The first-order chi connectivity index (χ1) is 20.3. The first kappa shape index (κ1) is 34.3. The number of aryl methyl sites for hydroxylation is 1. The molecule has 0 spiro atoms. The Hall–Kier alpha value is -3.17. The van der Waals surface area contributed by atoms with Gasteiger partial charge >= 0.3 is 6.09 Å². The number of methoxy groups -OCH3 is 1. The standard InChI is InChI=1S/C32H44N2O7SSi/c1-40-28-14-10-24(11-15-28)18-20-42(38,39)34-30(22-27(35)19-21-43(2,3)4)31(33-32(36)37)23-41-29-16-12-26(13-17-29)25-8-6-5-7-9-25/h5-11,14-15,26,29-31,33-34H,12-13,16-18,20,22-23H2,1-4H3,(H,36,37). The van der Waals surface area contributed by atoms with Crippen molar-refractivity contribution in [1.29, 1.82) is 0 Å². The predicted octanol–water partition coefficient (Wildman–Crippen LogP) is 4.74. The fourth-order valence-electron chi connectivity index (χ4n) is 5.05. The second-order valence-corrected chi connectivity index (χ2v) is 18.7. The fraction of sp³-hybridized carbons (Fsp3) is 0.500. The smallest absolute Gasteiger partial charge is 0.405 e. The molecule has 1 aliphatic rings. The van der Waals surface area contributed by atoms with Crippen LogP contribution >= 0.6 is 0 Å². The molecular formula is C32H44N2O7SSi. The lowest BCUT2D eigenvalue weighted by atomic mass is 9.83. The van der Waals surface area contributed by atoms with E-state index < -0.39 is 42.1 Å². The summed E-state index contributed by atoms with van der Waals surface area (Å²) in [5.74, 6) is 3.07. The molecule has 1 amide bonds. The number of rotatable bonds is 14. The van der Waals surface area contributed by atoms with Crippen LogP contribution in [0, 0.1) is 11.5 Å². The summed E-state index contributed by atoms with van der Waals surface area (Å²) in [6, 6.07) is 15.4. The molecule has 1 saturated carbocycles. The first-order valence-corrected chi connectivity index (χ1v) is 19.8. The van der Waals surface area contributed by atoms with E-state index in [4.69, 9.17) is 9.47 Å². The van der Waals surface area contributed by atoms with E-state index in [1.54, 1.807) is 31.4 Å². The van der Waals surface area contributed by atoms with E-state index in [-0.39, 0.29) is 31.3 Å². The summed E-state index contributed by atoms with van der Waals surface area (Å²) < 4.78 is 40.3. The Morgan fingerprint density at radius 3 is 2.23 bits per heavy atom. The van der Waals surface area contributed by atoms with Crippen LogP contribution in [0.3, 0.4) is 0 Å². The lowest BCUT2D eigenvalue weighted by Gasteiger charge is -2.32. The average Bonchev–Trinajstić information content (AvgIpc) is 2.97. The normalized spacial score (nSPS) is 18.5. The van der Waals surface area contributed by atoms with Gasteiger partial charge in [0.15, 0.2) is 0 Å². The zero-order valence-corrected chi connectivity index (χ0v) is 27.3. The minimum absolute atomic E-state index is 0.0760. The number of carbonyl (C=O) groups is 2. The Bertz CT molecular complexity index is 1360. The van der Waals surface area contributed by atoms with Crippen LogP contribution in [-0.4, -0.2) is 71.1 Å². The summed E-state index contributed by atoms with van der Waals surface area (Å²) in [5, 5.41) is 12.0. The highest BCUT2D eigenvalue weighted by Crippen LogP contribution is 2.34. The van der Waals surface area contributed by atoms with Gasteiger partial charge in [0.1, 0.15) is 13.8 Å². The maximum Gasteiger partial charge on any atom is 0.405 e. The number of nitrogens with one attached hydrogen (secondary N) is 2. The minimum Gasteiger partial charge on any atom is -0.497 e. The molecule has 3 rings (SSSR count). The number of Topliss-reactive ketones (excluding diaryl/α,β-unsaturated/α-hetero) is 1. The third kappa shape index (κ3) is 12.5. The van der Waals surface area contributed by atoms with Gasteiger partial charge in [0.2, 0.25) is 15.8 Å². The van der Waals surface area contributed by atoms with Gasteiger partial charge in [-0.2, -0.15) is 0 Å². The molecule has 2 aromatic carbocycles. The Balaban J connectivity index is 1.71. The molecule has 0 bridgehead atoms. The van der Waals surface area contributed by atoms with E-state index in [1.165, 1.54) is 5.56 Å². The van der Waals surface area contributed by atoms with Crippen molar-refractivity contribution in [2.45, 2.75) is 82.3 Å². The second kappa shape index (κ2) is 16.1. The Morgan fingerprint density at radius 2 is 1.65 bits per heavy atom. The summed E-state index contributed by atoms with van der Waals surface area (Å²) in [4.78, 5) is 24.7. The maximum atomic E-state index is 13.2. The number of hydrogen-bond acceptors (Lipinski definition) is 6. The van der Waals surface area contributed by atoms with Crippen molar-refractivity contribution in [1.82, 2.24) is 10.0 Å². The second-order valence-electron chi connectivity index (χ2n) is 12.0. The van der Waals surface area contributed by atoms with Gasteiger partial charge in [-0.15, -0.1) is 5.54 Å². The molecule has 2 atom stereocenters. The zero-order valence-electron chi connectivity index (χ0n) is 25.5. The molecule has 0 aromatic heterocycles. The summed E-state index contributed by atoms with van der Waals surface area (Å²) in [5.41, 5.74) is 5.11. The molecule has 2 unspecified atom stereocenters. The molecule has 1 fully saturated rings. The number of sulfonamides is 1. The van der Waals surface area contributed by atoms with Crippen molar-refractivity contribution in [3.8, 4) is 17.2 Å². The van der Waals surface area contributed by atoms with E-state index in [2.05, 4.69) is 33.6 Å². The van der Waals surface area contributed by atoms with Crippen LogP contribution < -0.4 is 14.8 Å². The molecule has 9 nitrogen and oxygen atoms in total. The average molecular weight is 629 g/mol. The number of carbonyl (C=O) groups excluding carboxylic acids is 1. The number of hydrogen-bond donors (Lipinski definition) is 3. The van der Waals surface area contributed by atoms with Crippen LogP contribution in [0.5, 0.6) is 5.75 Å². The summed E-state index contributed by atoms with van der Waals surface area (Å²) in [7, 11) is -4.21. The van der Waals surface area contributed by atoms with Crippen LogP contribution in [0.4, 0.5) is 4.79 Å². The van der Waals surface area contributed by atoms with Crippen LogP contribution in [0.2, 0.25) is 19.6 Å². The summed E-state index contributed by atoms with van der Waals surface area (Å²) in [6.45, 7) is 5.93. The lowest BCUT2D eigenvalue weighted by Crippen LogP contribution is -2.55. The number of amides is 1. The molecule has 3 N–H and O–H groups in total. The molecule has 0 radical (unpaired) electrons. The van der Waals surface area contributed by atoms with Crippen molar-refractivity contribution >= 4 is 30.0 Å². The van der Waals surface area contributed by atoms with Gasteiger partial charge in [0.05, 0.1) is 37.7 Å². The highest BCUT2D eigenvalue weighted by atomic mass is 32.2. The highest BCUT2D eigenvalue weighted by Gasteiger charge is 2.31. The highest BCUT2D eigenvalue weighted by molar-refractivity contribution is 7.89. The third-order valence-corrected chi connectivity index (χ3v) is 9.66. The van der Waals surface area contributed by atoms with Gasteiger partial charge in [-0.05, 0) is 67.2 Å². The molecule has 43 heavy (non-hydrogen) atoms. The van der Waals surface area contributed by atoms with Gasteiger partial charge in [-0.25, -0.2) is 17.9 Å². The fourth-order valence-corrected chi connectivity index (χ4v) is 6.90. The van der Waals surface area contributed by atoms with Gasteiger partial charge in [-0.1, -0.05) is 62.1 Å². The van der Waals surface area contributed by atoms with E-state index >= 15 is 0 Å². The number of carboxylic acid groups (broad SMARTS) is 1. The predicted molar refractivity (Wildman–Crippen MR) is 170 cm³/mol. The largest absolute Gasteiger partial charge is 0.497 e. The Kier molecular flexibility index (Phi) is 12.8. The van der Waals surface area contributed by atoms with Crippen LogP contribution in [0.15, 0.2) is 54.6 Å². The van der Waals surface area contributed by atoms with Crippen LogP contribution in [-0.2, 0) is 26.0 Å². The van der Waals surface area contributed by atoms with Gasteiger partial charge in [0.25, 0.3) is 0 Å². The Labute approximate surface area is 256 Å². The van der Waals surface area contributed by atoms with E-state index in [0.29, 0.717) is 11.7 Å². The summed E-state index contributed by atoms with van der Waals surface area (Å²) in [6.07, 6.45) is 2.02. The van der Waals surface area contributed by atoms with Crippen molar-refractivity contribution in [3.05, 3.63) is 65.7 Å². The quantitative estimate of drug-likeness (QED) is 0.203. The number of ketones is 1. The molecule has 1 aliphatic carbocycles. The molecule has 11 heteroatoms. The van der Waals surface area contributed by atoms with Crippen LogP contribution in [0.25, 0.3) is 0 Å². The molecule has 2 aromatic rings. The SMILES string of the molecule is COc1ccc(CCS(=O)(=O)NC(CC(=O)C#C[Si](C)(C)C)C(COC2CCC(c3ccccc3)CC2)NC(=O)O)cc1. The van der Waals surface area contributed by atoms with Crippen LogP contribution in [0.1, 0.15) is 49.1 Å². The molecule has 0 saturated heterocycles. The Morgan fingerprint density at radius 1 is 1.00 bits per heavy atom. The van der Waals surface area contributed by atoms with E-state index in [9.17, 15) is 23.1 Å². The van der Waals surface area contributed by atoms with Gasteiger partial charge in [-0.3, -0.25) is 4.79 Å².